The molecule has 2 heterocycles. The lowest BCUT2D eigenvalue weighted by molar-refractivity contribution is -0.117. The number of halogens is 1. The number of nitrogens with one attached hydrogen (secondary N) is 1. The van der Waals surface area contributed by atoms with Gasteiger partial charge < -0.3 is 15.0 Å². The molecular weight excluding hydrogens is 409 g/mol. The third kappa shape index (κ3) is 3.92. The van der Waals surface area contributed by atoms with Crippen molar-refractivity contribution in [3.05, 3.63) is 53.8 Å². The van der Waals surface area contributed by atoms with Crippen molar-refractivity contribution in [2.45, 2.75) is 24.3 Å². The van der Waals surface area contributed by atoms with E-state index in [9.17, 15) is 17.6 Å². The Hall–Kier alpha value is -2.49. The summed E-state index contributed by atoms with van der Waals surface area (Å²) in [6.07, 6.45) is 0.792. The SMILES string of the molecule is C[C@H]1Cc2ccccc2N1C(=O)CNc1ccc(F)c(S(=O)(=O)N2CCOCC2)c1. The molecule has 2 aliphatic heterocycles. The fourth-order valence-electron chi connectivity index (χ4n) is 3.95. The highest BCUT2D eigenvalue weighted by atomic mass is 32.2. The summed E-state index contributed by atoms with van der Waals surface area (Å²) < 4.78 is 46.4. The second-order valence-corrected chi connectivity index (χ2v) is 9.37. The molecule has 160 valence electrons. The number of para-hydroxylation sites is 1. The van der Waals surface area contributed by atoms with Gasteiger partial charge in [-0.05, 0) is 43.2 Å². The van der Waals surface area contributed by atoms with Crippen molar-refractivity contribution in [3.63, 3.8) is 0 Å². The van der Waals surface area contributed by atoms with E-state index in [4.69, 9.17) is 4.74 Å². The monoisotopic (exact) mass is 433 g/mol. The van der Waals surface area contributed by atoms with Crippen LogP contribution in [0, 0.1) is 5.82 Å². The van der Waals surface area contributed by atoms with E-state index < -0.39 is 20.7 Å². The zero-order valence-electron chi connectivity index (χ0n) is 16.7. The molecule has 2 aromatic carbocycles. The van der Waals surface area contributed by atoms with E-state index in [-0.39, 0.29) is 44.8 Å². The average Bonchev–Trinajstić information content (AvgIpc) is 3.09. The van der Waals surface area contributed by atoms with Gasteiger partial charge in [0.1, 0.15) is 10.7 Å². The Morgan fingerprint density at radius 2 is 1.93 bits per heavy atom. The van der Waals surface area contributed by atoms with E-state index in [0.29, 0.717) is 5.69 Å². The molecule has 30 heavy (non-hydrogen) atoms. The van der Waals surface area contributed by atoms with Crippen LogP contribution in [0.5, 0.6) is 0 Å². The van der Waals surface area contributed by atoms with E-state index in [2.05, 4.69) is 5.32 Å². The van der Waals surface area contributed by atoms with Gasteiger partial charge in [-0.2, -0.15) is 4.31 Å². The van der Waals surface area contributed by atoms with Gasteiger partial charge in [0, 0.05) is 30.5 Å². The molecule has 1 saturated heterocycles. The van der Waals surface area contributed by atoms with Gasteiger partial charge in [-0.1, -0.05) is 18.2 Å². The highest BCUT2D eigenvalue weighted by Gasteiger charge is 2.31. The number of amides is 1. The molecular formula is C21H24FN3O4S. The highest BCUT2D eigenvalue weighted by Crippen LogP contribution is 2.32. The Morgan fingerprint density at radius 3 is 2.70 bits per heavy atom. The quantitative estimate of drug-likeness (QED) is 0.783. The molecule has 2 aromatic rings. The van der Waals surface area contributed by atoms with Gasteiger partial charge in [0.25, 0.3) is 0 Å². The van der Waals surface area contributed by atoms with Crippen LogP contribution in [0.2, 0.25) is 0 Å². The number of carbonyl (C=O) groups is 1. The van der Waals surface area contributed by atoms with Crippen LogP contribution in [0.3, 0.4) is 0 Å². The predicted octanol–water partition coefficient (Wildman–Crippen LogP) is 2.24. The summed E-state index contributed by atoms with van der Waals surface area (Å²) in [7, 11) is -3.98. The molecule has 0 unspecified atom stereocenters. The lowest BCUT2D eigenvalue weighted by Crippen LogP contribution is -2.41. The number of nitrogens with zero attached hydrogens (tertiary/aromatic N) is 2. The normalized spacial score (nSPS) is 19.5. The number of anilines is 2. The minimum Gasteiger partial charge on any atom is -0.379 e. The molecule has 1 fully saturated rings. The number of hydrogen-bond acceptors (Lipinski definition) is 5. The van der Waals surface area contributed by atoms with Gasteiger partial charge in [0.15, 0.2) is 0 Å². The maximum Gasteiger partial charge on any atom is 0.246 e. The number of morpholine rings is 1. The van der Waals surface area contributed by atoms with Crippen LogP contribution in [0.4, 0.5) is 15.8 Å². The van der Waals surface area contributed by atoms with Gasteiger partial charge >= 0.3 is 0 Å². The molecule has 1 amide bonds. The predicted molar refractivity (Wildman–Crippen MR) is 112 cm³/mol. The number of hydrogen-bond donors (Lipinski definition) is 1. The van der Waals surface area contributed by atoms with Crippen molar-refractivity contribution < 1.29 is 22.3 Å². The largest absolute Gasteiger partial charge is 0.379 e. The molecule has 0 bridgehead atoms. The lowest BCUT2D eigenvalue weighted by Gasteiger charge is -2.26. The molecule has 1 N–H and O–H groups in total. The summed E-state index contributed by atoms with van der Waals surface area (Å²) in [5, 5.41) is 2.95. The Morgan fingerprint density at radius 1 is 1.20 bits per heavy atom. The number of rotatable bonds is 5. The molecule has 2 aliphatic rings. The van der Waals surface area contributed by atoms with Crippen LogP contribution in [0.25, 0.3) is 0 Å². The zero-order chi connectivity index (χ0) is 21.3. The first-order valence-electron chi connectivity index (χ1n) is 9.89. The molecule has 0 aromatic heterocycles. The number of benzene rings is 2. The molecule has 0 radical (unpaired) electrons. The molecule has 1 atom stereocenters. The molecule has 7 nitrogen and oxygen atoms in total. The first kappa shape index (κ1) is 20.8. The number of sulfonamides is 1. The van der Waals surface area contributed by atoms with Crippen LogP contribution >= 0.6 is 0 Å². The van der Waals surface area contributed by atoms with Gasteiger partial charge in [-0.15, -0.1) is 0 Å². The number of carbonyl (C=O) groups excluding carboxylic acids is 1. The van der Waals surface area contributed by atoms with E-state index in [1.54, 1.807) is 4.90 Å². The van der Waals surface area contributed by atoms with Crippen molar-refractivity contribution in [1.29, 1.82) is 0 Å². The zero-order valence-corrected chi connectivity index (χ0v) is 17.5. The lowest BCUT2D eigenvalue weighted by atomic mass is 10.1. The number of ether oxygens (including phenoxy) is 1. The third-order valence-corrected chi connectivity index (χ3v) is 7.35. The average molecular weight is 434 g/mol. The Balaban J connectivity index is 1.49. The maximum absolute atomic E-state index is 14.3. The standard InChI is InChI=1S/C21H24FN3O4S/c1-15-12-16-4-2-3-5-19(16)25(15)21(26)14-23-17-6-7-18(22)20(13-17)30(27,28)24-8-10-29-11-9-24/h2-7,13,15,23H,8-12,14H2,1H3/t15-/m0/s1. The fourth-order valence-corrected chi connectivity index (χ4v) is 5.44. The first-order valence-corrected chi connectivity index (χ1v) is 11.3. The van der Waals surface area contributed by atoms with Gasteiger partial charge in [0.2, 0.25) is 15.9 Å². The van der Waals surface area contributed by atoms with E-state index in [1.165, 1.54) is 16.4 Å². The van der Waals surface area contributed by atoms with Crippen LogP contribution in [-0.2, 0) is 26.0 Å². The second-order valence-electron chi connectivity index (χ2n) is 7.46. The molecule has 0 spiro atoms. The van der Waals surface area contributed by atoms with Gasteiger partial charge in [-0.3, -0.25) is 4.79 Å². The van der Waals surface area contributed by atoms with Crippen LogP contribution in [0.1, 0.15) is 12.5 Å². The Bertz CT molecular complexity index is 1050. The van der Waals surface area contributed by atoms with Crippen molar-refractivity contribution in [2.24, 2.45) is 0 Å². The summed E-state index contributed by atoms with van der Waals surface area (Å²) in [4.78, 5) is 14.2. The van der Waals surface area contributed by atoms with E-state index >= 15 is 0 Å². The maximum atomic E-state index is 14.3. The van der Waals surface area contributed by atoms with E-state index in [0.717, 1.165) is 23.7 Å². The second kappa shape index (κ2) is 8.33. The van der Waals surface area contributed by atoms with Crippen molar-refractivity contribution in [3.8, 4) is 0 Å². The van der Waals surface area contributed by atoms with Crippen LogP contribution in [-0.4, -0.2) is 57.5 Å². The van der Waals surface area contributed by atoms with Crippen molar-refractivity contribution in [1.82, 2.24) is 4.31 Å². The van der Waals surface area contributed by atoms with Crippen molar-refractivity contribution >= 4 is 27.3 Å². The third-order valence-electron chi connectivity index (χ3n) is 5.44. The number of fused-ring (bicyclic) bond motifs is 1. The van der Waals surface area contributed by atoms with Gasteiger partial charge in [0.05, 0.1) is 19.8 Å². The van der Waals surface area contributed by atoms with Gasteiger partial charge in [-0.25, -0.2) is 12.8 Å². The van der Waals surface area contributed by atoms with E-state index in [1.807, 2.05) is 31.2 Å². The van der Waals surface area contributed by atoms with Crippen LogP contribution in [0.15, 0.2) is 47.4 Å². The molecule has 0 aliphatic carbocycles. The molecule has 9 heteroatoms. The molecule has 0 saturated carbocycles. The Kier molecular flexibility index (Phi) is 5.77. The minimum atomic E-state index is -3.98. The summed E-state index contributed by atoms with van der Waals surface area (Å²) in [6.45, 7) is 2.89. The van der Waals surface area contributed by atoms with Crippen molar-refractivity contribution in [2.75, 3.05) is 43.1 Å². The first-order chi connectivity index (χ1) is 14.4. The summed E-state index contributed by atoms with van der Waals surface area (Å²) in [5.41, 5.74) is 2.39. The summed E-state index contributed by atoms with van der Waals surface area (Å²) in [5.74, 6) is -0.949. The smallest absolute Gasteiger partial charge is 0.246 e. The minimum absolute atomic E-state index is 0.0264. The fraction of sp³-hybridized carbons (Fsp3) is 0.381. The molecule has 4 rings (SSSR count). The topological polar surface area (TPSA) is 79.0 Å². The van der Waals surface area contributed by atoms with Crippen LogP contribution < -0.4 is 10.2 Å². The summed E-state index contributed by atoms with van der Waals surface area (Å²) >= 11 is 0. The summed E-state index contributed by atoms with van der Waals surface area (Å²) in [6, 6.07) is 11.6. The Labute approximate surface area is 175 Å². The highest BCUT2D eigenvalue weighted by molar-refractivity contribution is 7.89.